The van der Waals surface area contributed by atoms with Gasteiger partial charge in [0.15, 0.2) is 6.29 Å². The largest absolute Gasteiger partial charge is 0.457 e. The fourth-order valence-corrected chi connectivity index (χ4v) is 1.91. The van der Waals surface area contributed by atoms with Crippen LogP contribution in [-0.2, 0) is 6.18 Å². The molecule has 0 aliphatic rings. The second-order valence-corrected chi connectivity index (χ2v) is 4.66. The zero-order valence-electron chi connectivity index (χ0n) is 11.5. The maximum absolute atomic E-state index is 12.9. The Bertz CT molecular complexity index is 676. The van der Waals surface area contributed by atoms with Crippen LogP contribution >= 0.6 is 0 Å². The van der Waals surface area contributed by atoms with Crippen LogP contribution in [-0.4, -0.2) is 6.29 Å². The summed E-state index contributed by atoms with van der Waals surface area (Å²) in [6.07, 6.45) is -4.41. The first kappa shape index (κ1) is 15.1. The first-order valence-corrected chi connectivity index (χ1v) is 6.23. The predicted molar refractivity (Wildman–Crippen MR) is 72.8 cm³/mol. The summed E-state index contributed by atoms with van der Waals surface area (Å²) in [5.41, 5.74) is 0.426. The lowest BCUT2D eigenvalue weighted by molar-refractivity contribution is -0.137. The number of rotatable bonds is 3. The van der Waals surface area contributed by atoms with E-state index in [9.17, 15) is 18.0 Å². The summed E-state index contributed by atoms with van der Waals surface area (Å²) < 4.78 is 44.2. The Morgan fingerprint density at radius 3 is 2.43 bits per heavy atom. The molecule has 0 fully saturated rings. The molecule has 0 spiro atoms. The average molecular weight is 294 g/mol. The Balaban J connectivity index is 2.42. The molecule has 0 atom stereocenters. The van der Waals surface area contributed by atoms with Gasteiger partial charge in [-0.05, 0) is 49.2 Å². The number of carbonyl (C=O) groups is 1. The highest BCUT2D eigenvalue weighted by molar-refractivity contribution is 5.78. The van der Waals surface area contributed by atoms with Gasteiger partial charge in [0.2, 0.25) is 0 Å². The number of carbonyl (C=O) groups excluding carboxylic acids is 1. The Hall–Kier alpha value is -2.30. The monoisotopic (exact) mass is 294 g/mol. The van der Waals surface area contributed by atoms with Crippen molar-refractivity contribution in [3.05, 3.63) is 58.7 Å². The summed E-state index contributed by atoms with van der Waals surface area (Å²) in [5, 5.41) is 0. The van der Waals surface area contributed by atoms with Crippen molar-refractivity contribution >= 4 is 6.29 Å². The number of halogens is 3. The number of hydrogen-bond acceptors (Lipinski definition) is 2. The van der Waals surface area contributed by atoms with Crippen LogP contribution in [0.5, 0.6) is 11.5 Å². The van der Waals surface area contributed by atoms with E-state index >= 15 is 0 Å². The first-order chi connectivity index (χ1) is 9.82. The van der Waals surface area contributed by atoms with Gasteiger partial charge in [-0.2, -0.15) is 13.2 Å². The molecular formula is C16H13F3O2. The summed E-state index contributed by atoms with van der Waals surface area (Å²) in [6.45, 7) is 3.72. The summed E-state index contributed by atoms with van der Waals surface area (Å²) in [6, 6.07) is 8.63. The minimum atomic E-state index is -4.60. The highest BCUT2D eigenvalue weighted by Gasteiger charge is 2.33. The molecule has 0 radical (unpaired) electrons. The van der Waals surface area contributed by atoms with E-state index in [-0.39, 0.29) is 12.0 Å². The van der Waals surface area contributed by atoms with Crippen LogP contribution in [0.25, 0.3) is 0 Å². The molecule has 0 amide bonds. The number of alkyl halides is 3. The van der Waals surface area contributed by atoms with Crippen LogP contribution in [0.2, 0.25) is 0 Å². The van der Waals surface area contributed by atoms with Gasteiger partial charge in [0.25, 0.3) is 0 Å². The van der Waals surface area contributed by atoms with Gasteiger partial charge < -0.3 is 4.74 Å². The minimum absolute atomic E-state index is 0.0432. The molecule has 5 heteroatoms. The summed E-state index contributed by atoms with van der Waals surface area (Å²) in [7, 11) is 0. The standard InChI is InChI=1S/C16H13F3O2/c1-10-4-3-5-15(11(10)2)21-13-7-6-12(9-20)14(8-13)16(17,18)19/h3-9H,1-2H3. The molecule has 0 saturated heterocycles. The Morgan fingerprint density at radius 2 is 1.81 bits per heavy atom. The molecule has 2 aromatic carbocycles. The number of hydrogen-bond donors (Lipinski definition) is 0. The van der Waals surface area contributed by atoms with Crippen LogP contribution < -0.4 is 4.74 Å². The van der Waals surface area contributed by atoms with E-state index in [2.05, 4.69) is 0 Å². The fourth-order valence-electron chi connectivity index (χ4n) is 1.91. The molecule has 0 bridgehead atoms. The van der Waals surface area contributed by atoms with Gasteiger partial charge in [0, 0.05) is 5.56 Å². The van der Waals surface area contributed by atoms with Gasteiger partial charge in [-0.15, -0.1) is 0 Å². The Kier molecular flexibility index (Phi) is 4.02. The van der Waals surface area contributed by atoms with Crippen molar-refractivity contribution in [1.29, 1.82) is 0 Å². The molecule has 2 aromatic rings. The topological polar surface area (TPSA) is 26.3 Å². The van der Waals surface area contributed by atoms with Gasteiger partial charge in [-0.1, -0.05) is 12.1 Å². The van der Waals surface area contributed by atoms with Crippen molar-refractivity contribution in [2.45, 2.75) is 20.0 Å². The lowest BCUT2D eigenvalue weighted by atomic mass is 10.1. The van der Waals surface area contributed by atoms with Crippen molar-refractivity contribution < 1.29 is 22.7 Å². The van der Waals surface area contributed by atoms with Crippen molar-refractivity contribution in [2.75, 3.05) is 0 Å². The van der Waals surface area contributed by atoms with Gasteiger partial charge in [0.05, 0.1) is 5.56 Å². The van der Waals surface area contributed by atoms with Gasteiger partial charge in [-0.3, -0.25) is 4.79 Å². The highest BCUT2D eigenvalue weighted by Crippen LogP contribution is 2.35. The molecular weight excluding hydrogens is 281 g/mol. The molecule has 2 rings (SSSR count). The van der Waals surface area contributed by atoms with E-state index in [1.54, 1.807) is 12.1 Å². The molecule has 0 aliphatic carbocycles. The van der Waals surface area contributed by atoms with Gasteiger partial charge in [0.1, 0.15) is 11.5 Å². The third-order valence-electron chi connectivity index (χ3n) is 3.24. The van der Waals surface area contributed by atoms with Crippen molar-refractivity contribution in [3.63, 3.8) is 0 Å². The lowest BCUT2D eigenvalue weighted by Gasteiger charge is -2.14. The van der Waals surface area contributed by atoms with Crippen LogP contribution in [0.1, 0.15) is 27.0 Å². The molecule has 0 N–H and O–H groups in total. The van der Waals surface area contributed by atoms with Crippen molar-refractivity contribution in [3.8, 4) is 11.5 Å². The number of ether oxygens (including phenoxy) is 1. The minimum Gasteiger partial charge on any atom is -0.457 e. The smallest absolute Gasteiger partial charge is 0.417 e. The molecule has 110 valence electrons. The summed E-state index contributed by atoms with van der Waals surface area (Å²) in [4.78, 5) is 10.7. The summed E-state index contributed by atoms with van der Waals surface area (Å²) in [5.74, 6) is 0.531. The zero-order valence-corrected chi connectivity index (χ0v) is 11.5. The van der Waals surface area contributed by atoms with E-state index in [0.29, 0.717) is 5.75 Å². The van der Waals surface area contributed by atoms with Crippen molar-refractivity contribution in [2.24, 2.45) is 0 Å². The van der Waals surface area contributed by atoms with Gasteiger partial charge in [-0.25, -0.2) is 0 Å². The van der Waals surface area contributed by atoms with Crippen molar-refractivity contribution in [1.82, 2.24) is 0 Å². The molecule has 0 aromatic heterocycles. The number of benzene rings is 2. The molecule has 0 heterocycles. The summed E-state index contributed by atoms with van der Waals surface area (Å²) >= 11 is 0. The van der Waals surface area contributed by atoms with E-state index in [4.69, 9.17) is 4.74 Å². The van der Waals surface area contributed by atoms with Crippen LogP contribution in [0.15, 0.2) is 36.4 Å². The third kappa shape index (κ3) is 3.24. The van der Waals surface area contributed by atoms with E-state index in [0.717, 1.165) is 23.3 Å². The van der Waals surface area contributed by atoms with Crippen LogP contribution in [0.4, 0.5) is 13.2 Å². The Morgan fingerprint density at radius 1 is 1.10 bits per heavy atom. The maximum atomic E-state index is 12.9. The SMILES string of the molecule is Cc1cccc(Oc2ccc(C=O)c(C(F)(F)F)c2)c1C. The molecule has 2 nitrogen and oxygen atoms in total. The normalized spacial score (nSPS) is 11.3. The highest BCUT2D eigenvalue weighted by atomic mass is 19.4. The van der Waals surface area contributed by atoms with E-state index in [1.165, 1.54) is 6.07 Å². The second-order valence-electron chi connectivity index (χ2n) is 4.66. The van der Waals surface area contributed by atoms with E-state index in [1.807, 2.05) is 19.9 Å². The molecule has 0 saturated carbocycles. The van der Waals surface area contributed by atoms with Crippen LogP contribution in [0, 0.1) is 13.8 Å². The number of aryl methyl sites for hydroxylation is 1. The Labute approximate surface area is 120 Å². The average Bonchev–Trinajstić information content (AvgIpc) is 2.43. The first-order valence-electron chi connectivity index (χ1n) is 6.23. The van der Waals surface area contributed by atoms with Gasteiger partial charge >= 0.3 is 6.18 Å². The van der Waals surface area contributed by atoms with Crippen LogP contribution in [0.3, 0.4) is 0 Å². The molecule has 0 aliphatic heterocycles. The second kappa shape index (κ2) is 5.60. The molecule has 21 heavy (non-hydrogen) atoms. The fraction of sp³-hybridized carbons (Fsp3) is 0.188. The third-order valence-corrected chi connectivity index (χ3v) is 3.24. The number of aldehydes is 1. The predicted octanol–water partition coefficient (Wildman–Crippen LogP) is 4.93. The zero-order chi connectivity index (χ0) is 15.6. The van der Waals surface area contributed by atoms with E-state index < -0.39 is 17.3 Å². The lowest BCUT2D eigenvalue weighted by Crippen LogP contribution is -2.09. The molecule has 0 unspecified atom stereocenters. The maximum Gasteiger partial charge on any atom is 0.417 e. The quantitative estimate of drug-likeness (QED) is 0.750.